The number of carbonyl (C=O) groups excluding carboxylic acids is 2. The van der Waals surface area contributed by atoms with E-state index in [0.717, 1.165) is 30.8 Å². The standard InChI is InChI=1S/C17H14BFN4O2/c18-10-1-2-12-13(5-10)17(3-4-17)9-23(15(12)25)8-14(24)22-16-20-6-11(19)7-21-16/h1-2,5-7H,3-4,8-9H2,(H,20,21,22,24). The van der Waals surface area contributed by atoms with Gasteiger partial charge < -0.3 is 4.90 Å². The summed E-state index contributed by atoms with van der Waals surface area (Å²) in [5, 5.41) is 2.48. The van der Waals surface area contributed by atoms with E-state index >= 15 is 0 Å². The average molecular weight is 336 g/mol. The summed E-state index contributed by atoms with van der Waals surface area (Å²) in [5.41, 5.74) is 2.13. The number of nitrogens with zero attached hydrogens (tertiary/aromatic N) is 3. The van der Waals surface area contributed by atoms with Gasteiger partial charge in [-0.25, -0.2) is 14.4 Å². The van der Waals surface area contributed by atoms with Crippen molar-refractivity contribution in [2.75, 3.05) is 18.4 Å². The summed E-state index contributed by atoms with van der Waals surface area (Å²) in [6.45, 7) is 0.380. The topological polar surface area (TPSA) is 75.2 Å². The van der Waals surface area contributed by atoms with E-state index in [1.807, 2.05) is 6.07 Å². The van der Waals surface area contributed by atoms with Gasteiger partial charge in [-0.2, -0.15) is 0 Å². The first-order chi connectivity index (χ1) is 12.0. The molecule has 6 nitrogen and oxygen atoms in total. The van der Waals surface area contributed by atoms with E-state index in [0.29, 0.717) is 17.6 Å². The van der Waals surface area contributed by atoms with E-state index in [-0.39, 0.29) is 23.8 Å². The Morgan fingerprint density at radius 3 is 2.72 bits per heavy atom. The van der Waals surface area contributed by atoms with E-state index in [2.05, 4.69) is 15.3 Å². The summed E-state index contributed by atoms with van der Waals surface area (Å²) < 4.78 is 12.8. The molecule has 25 heavy (non-hydrogen) atoms. The number of fused-ring (bicyclic) bond motifs is 2. The maximum Gasteiger partial charge on any atom is 0.254 e. The molecule has 1 aliphatic heterocycles. The van der Waals surface area contributed by atoms with Crippen LogP contribution >= 0.6 is 0 Å². The molecule has 0 unspecified atom stereocenters. The van der Waals surface area contributed by atoms with Gasteiger partial charge in [0.15, 0.2) is 5.82 Å². The predicted octanol–water partition coefficient (Wildman–Crippen LogP) is 0.536. The lowest BCUT2D eigenvalue weighted by molar-refractivity contribution is -0.117. The highest BCUT2D eigenvalue weighted by Crippen LogP contribution is 2.51. The van der Waals surface area contributed by atoms with Crippen LogP contribution in [0.2, 0.25) is 0 Å². The van der Waals surface area contributed by atoms with Crippen molar-refractivity contribution in [1.29, 1.82) is 0 Å². The second-order valence-corrected chi connectivity index (χ2v) is 6.52. The minimum Gasteiger partial charge on any atom is -0.328 e. The van der Waals surface area contributed by atoms with Gasteiger partial charge in [0.25, 0.3) is 5.91 Å². The summed E-state index contributed by atoms with van der Waals surface area (Å²) in [7, 11) is 5.86. The molecule has 1 aromatic carbocycles. The van der Waals surface area contributed by atoms with Crippen molar-refractivity contribution in [2.45, 2.75) is 18.3 Å². The van der Waals surface area contributed by atoms with Crippen LogP contribution in [-0.4, -0.2) is 47.6 Å². The Morgan fingerprint density at radius 1 is 1.32 bits per heavy atom. The molecule has 2 radical (unpaired) electrons. The third-order valence-corrected chi connectivity index (χ3v) is 4.69. The zero-order valence-electron chi connectivity index (χ0n) is 13.3. The number of hydrogen-bond donors (Lipinski definition) is 1. The van der Waals surface area contributed by atoms with E-state index < -0.39 is 11.7 Å². The second-order valence-electron chi connectivity index (χ2n) is 6.52. The molecule has 124 valence electrons. The van der Waals surface area contributed by atoms with Gasteiger partial charge in [0.1, 0.15) is 14.4 Å². The number of rotatable bonds is 3. The number of amides is 2. The highest BCUT2D eigenvalue weighted by molar-refractivity contribution is 6.32. The fourth-order valence-corrected chi connectivity index (χ4v) is 3.30. The molecular formula is C17H14BFN4O2. The Bertz CT molecular complexity index is 867. The Balaban J connectivity index is 1.52. The maximum absolute atomic E-state index is 12.8. The van der Waals surface area contributed by atoms with Crippen LogP contribution in [0.5, 0.6) is 0 Å². The molecule has 2 amide bonds. The first-order valence-corrected chi connectivity index (χ1v) is 7.94. The van der Waals surface area contributed by atoms with Crippen LogP contribution < -0.4 is 10.8 Å². The van der Waals surface area contributed by atoms with Crippen molar-refractivity contribution in [3.05, 3.63) is 47.5 Å². The highest BCUT2D eigenvalue weighted by Gasteiger charge is 2.51. The van der Waals surface area contributed by atoms with Crippen molar-refractivity contribution in [2.24, 2.45) is 0 Å². The molecule has 0 bridgehead atoms. The van der Waals surface area contributed by atoms with E-state index in [4.69, 9.17) is 7.85 Å². The first-order valence-electron chi connectivity index (χ1n) is 7.94. The van der Waals surface area contributed by atoms with Crippen LogP contribution in [-0.2, 0) is 10.2 Å². The van der Waals surface area contributed by atoms with Crippen molar-refractivity contribution in [3.63, 3.8) is 0 Å². The van der Waals surface area contributed by atoms with Gasteiger partial charge in [0.05, 0.1) is 12.4 Å². The first kappa shape index (κ1) is 15.7. The van der Waals surface area contributed by atoms with Gasteiger partial charge in [-0.3, -0.25) is 14.9 Å². The molecule has 1 aromatic heterocycles. The summed E-state index contributed by atoms with van der Waals surface area (Å²) in [6.07, 6.45) is 3.87. The predicted molar refractivity (Wildman–Crippen MR) is 89.3 cm³/mol. The van der Waals surface area contributed by atoms with Gasteiger partial charge >= 0.3 is 0 Å². The Morgan fingerprint density at radius 2 is 2.04 bits per heavy atom. The lowest BCUT2D eigenvalue weighted by atomic mass is 9.82. The lowest BCUT2D eigenvalue weighted by Crippen LogP contribution is -2.47. The van der Waals surface area contributed by atoms with Gasteiger partial charge in [0, 0.05) is 17.5 Å². The van der Waals surface area contributed by atoms with Gasteiger partial charge in [-0.05, 0) is 24.5 Å². The SMILES string of the molecule is [B]c1ccc2c(c1)C1(CC1)CN(CC(=O)Nc1ncc(F)cn1)C2=O. The number of anilines is 1. The lowest BCUT2D eigenvalue weighted by Gasteiger charge is -2.34. The molecule has 0 atom stereocenters. The molecule has 1 fully saturated rings. The summed E-state index contributed by atoms with van der Waals surface area (Å²) in [4.78, 5) is 33.8. The van der Waals surface area contributed by atoms with Crippen molar-refractivity contribution >= 4 is 31.1 Å². The van der Waals surface area contributed by atoms with Crippen LogP contribution in [0.3, 0.4) is 0 Å². The molecule has 8 heteroatoms. The van der Waals surface area contributed by atoms with Crippen LogP contribution in [0.15, 0.2) is 30.6 Å². The summed E-state index contributed by atoms with van der Waals surface area (Å²) >= 11 is 0. The molecule has 2 aliphatic rings. The zero-order chi connectivity index (χ0) is 17.6. The fourth-order valence-electron chi connectivity index (χ4n) is 3.30. The van der Waals surface area contributed by atoms with Crippen LogP contribution in [0.25, 0.3) is 0 Å². The molecule has 4 rings (SSSR count). The van der Waals surface area contributed by atoms with Crippen LogP contribution in [0.1, 0.15) is 28.8 Å². The van der Waals surface area contributed by atoms with E-state index in [9.17, 15) is 14.0 Å². The molecule has 0 saturated heterocycles. The number of halogens is 1. The van der Waals surface area contributed by atoms with E-state index in [1.165, 1.54) is 4.90 Å². The summed E-state index contributed by atoms with van der Waals surface area (Å²) in [6, 6.07) is 5.28. The van der Waals surface area contributed by atoms with Gasteiger partial charge in [-0.15, -0.1) is 0 Å². The fraction of sp³-hybridized carbons (Fsp3) is 0.294. The minimum absolute atomic E-state index is 0.00478. The second kappa shape index (κ2) is 5.65. The maximum atomic E-state index is 12.8. The zero-order valence-corrected chi connectivity index (χ0v) is 13.3. The third-order valence-electron chi connectivity index (χ3n) is 4.69. The van der Waals surface area contributed by atoms with Crippen LogP contribution in [0.4, 0.5) is 10.3 Å². The van der Waals surface area contributed by atoms with Gasteiger partial charge in [-0.1, -0.05) is 17.6 Å². The van der Waals surface area contributed by atoms with Crippen LogP contribution in [0, 0.1) is 5.82 Å². The molecule has 1 spiro atoms. The molecule has 1 N–H and O–H groups in total. The van der Waals surface area contributed by atoms with Crippen molar-refractivity contribution in [3.8, 4) is 0 Å². The number of nitrogens with one attached hydrogen (secondary N) is 1. The molecule has 1 saturated carbocycles. The Labute approximate surface area is 144 Å². The largest absolute Gasteiger partial charge is 0.328 e. The summed E-state index contributed by atoms with van der Waals surface area (Å²) in [5.74, 6) is -1.20. The quantitative estimate of drug-likeness (QED) is 0.830. The van der Waals surface area contributed by atoms with Crippen molar-refractivity contribution in [1.82, 2.24) is 14.9 Å². The number of hydrogen-bond acceptors (Lipinski definition) is 4. The Kier molecular flexibility index (Phi) is 3.56. The van der Waals surface area contributed by atoms with E-state index in [1.54, 1.807) is 12.1 Å². The number of benzene rings is 1. The average Bonchev–Trinajstić information content (AvgIpc) is 3.35. The normalized spacial score (nSPS) is 17.3. The molecule has 2 aromatic rings. The minimum atomic E-state index is -0.587. The van der Waals surface area contributed by atoms with Crippen molar-refractivity contribution < 1.29 is 14.0 Å². The highest BCUT2D eigenvalue weighted by atomic mass is 19.1. The number of carbonyl (C=O) groups is 2. The number of aromatic nitrogens is 2. The van der Waals surface area contributed by atoms with Gasteiger partial charge in [0.2, 0.25) is 11.9 Å². The monoisotopic (exact) mass is 336 g/mol. The molecule has 2 heterocycles. The third kappa shape index (κ3) is 2.88. The Hall–Kier alpha value is -2.77. The molecular weight excluding hydrogens is 322 g/mol. The molecule has 1 aliphatic carbocycles. The smallest absolute Gasteiger partial charge is 0.254 e.